The third kappa shape index (κ3) is 6.42. The van der Waals surface area contributed by atoms with Gasteiger partial charge >= 0.3 is 0 Å². The average Bonchev–Trinajstić information content (AvgIpc) is 3.08. The van der Waals surface area contributed by atoms with E-state index in [2.05, 4.69) is 32.8 Å². The Hall–Kier alpha value is -3.32. The summed E-state index contributed by atoms with van der Waals surface area (Å²) >= 11 is 3.41. The van der Waals surface area contributed by atoms with Crippen molar-refractivity contribution < 1.29 is 19.5 Å². The van der Waals surface area contributed by atoms with Gasteiger partial charge in [0, 0.05) is 35.5 Å². The van der Waals surface area contributed by atoms with Crippen LogP contribution in [-0.2, 0) is 20.9 Å². The molecule has 2 N–H and O–H groups in total. The van der Waals surface area contributed by atoms with Crippen LogP contribution in [0.25, 0.3) is 0 Å². The SMILES string of the molecule is C=C/C(O)=C\N=C(C)c1cc(C)c(C2C(=O)CC(CC(=O)NCc3cccc(Br)c3)C2=O)c(C)c1. The number of aliphatic imine (C=N–C) groups is 1. The molecular weight excluding hydrogens is 508 g/mol. The van der Waals surface area contributed by atoms with Crippen molar-refractivity contribution in [3.63, 3.8) is 0 Å². The number of rotatable bonds is 8. The minimum absolute atomic E-state index is 0.00382. The lowest BCUT2D eigenvalue weighted by molar-refractivity contribution is -0.128. The van der Waals surface area contributed by atoms with Gasteiger partial charge in [0.05, 0.1) is 6.20 Å². The number of benzene rings is 2. The first kappa shape index (κ1) is 26.3. The number of hydrogen-bond donors (Lipinski definition) is 2. The van der Waals surface area contributed by atoms with Gasteiger partial charge in [-0.2, -0.15) is 0 Å². The predicted octanol–water partition coefficient (Wildman–Crippen LogP) is 5.41. The number of aliphatic hydroxyl groups excluding tert-OH is 1. The maximum absolute atomic E-state index is 13.2. The molecule has 0 radical (unpaired) electrons. The Labute approximate surface area is 214 Å². The van der Waals surface area contributed by atoms with Crippen molar-refractivity contribution in [2.45, 2.75) is 46.1 Å². The third-order valence-corrected chi connectivity index (χ3v) is 6.66. The number of Topliss-reactive ketones (excluding diaryl/α,β-unsaturated/α-hetero) is 2. The topological polar surface area (TPSA) is 95.8 Å². The molecule has 1 aliphatic rings. The standard InChI is InChI=1S/C28H29BrN2O4/c1-5-23(32)15-30-18(4)20-9-16(2)26(17(3)10-20)27-24(33)12-21(28(27)35)13-25(34)31-14-19-7-6-8-22(29)11-19/h5-11,15,21,27,32H,1,12-14H2,2-4H3,(H,31,34)/b23-15+,30-18?. The zero-order valence-corrected chi connectivity index (χ0v) is 21.7. The van der Waals surface area contributed by atoms with Crippen molar-refractivity contribution in [2.24, 2.45) is 10.9 Å². The summed E-state index contributed by atoms with van der Waals surface area (Å²) in [6.07, 6.45) is 2.68. The second-order valence-corrected chi connectivity index (χ2v) is 9.73. The largest absolute Gasteiger partial charge is 0.506 e. The number of aryl methyl sites for hydroxylation is 2. The molecule has 2 aromatic carbocycles. The van der Waals surface area contributed by atoms with E-state index in [1.54, 1.807) is 0 Å². The number of hydrogen-bond acceptors (Lipinski definition) is 5. The van der Waals surface area contributed by atoms with Crippen LogP contribution in [0.3, 0.4) is 0 Å². The lowest BCUT2D eigenvalue weighted by Gasteiger charge is -2.17. The maximum atomic E-state index is 13.2. The molecule has 0 aromatic heterocycles. The first-order valence-electron chi connectivity index (χ1n) is 11.4. The molecule has 1 saturated carbocycles. The zero-order valence-electron chi connectivity index (χ0n) is 20.1. The number of aliphatic hydroxyl groups is 1. The number of nitrogens with one attached hydrogen (secondary N) is 1. The second kappa shape index (κ2) is 11.4. The van der Waals surface area contributed by atoms with E-state index >= 15 is 0 Å². The molecule has 0 bridgehead atoms. The fourth-order valence-corrected chi connectivity index (χ4v) is 4.85. The van der Waals surface area contributed by atoms with Gasteiger partial charge in [0.25, 0.3) is 0 Å². The van der Waals surface area contributed by atoms with Crippen molar-refractivity contribution in [1.82, 2.24) is 5.32 Å². The van der Waals surface area contributed by atoms with E-state index in [1.807, 2.05) is 57.2 Å². The summed E-state index contributed by atoms with van der Waals surface area (Å²) in [7, 11) is 0. The smallest absolute Gasteiger partial charge is 0.221 e. The normalized spacial score (nSPS) is 18.6. The lowest BCUT2D eigenvalue weighted by atomic mass is 9.85. The molecule has 0 heterocycles. The van der Waals surface area contributed by atoms with Gasteiger partial charge in [-0.05, 0) is 78.9 Å². The van der Waals surface area contributed by atoms with Gasteiger partial charge in [-0.15, -0.1) is 0 Å². The summed E-state index contributed by atoms with van der Waals surface area (Å²) in [4.78, 5) is 42.9. The second-order valence-electron chi connectivity index (χ2n) is 8.81. The number of halogens is 1. The number of carbonyl (C=O) groups excluding carboxylic acids is 3. The van der Waals surface area contributed by atoms with E-state index in [0.717, 1.165) is 26.7 Å². The monoisotopic (exact) mass is 536 g/mol. The van der Waals surface area contributed by atoms with Crippen molar-refractivity contribution in [3.8, 4) is 0 Å². The molecule has 0 saturated heterocycles. The molecule has 1 aliphatic carbocycles. The molecule has 1 fully saturated rings. The molecule has 1 amide bonds. The zero-order chi connectivity index (χ0) is 25.7. The van der Waals surface area contributed by atoms with Crippen LogP contribution in [0, 0.1) is 19.8 Å². The maximum Gasteiger partial charge on any atom is 0.221 e. The van der Waals surface area contributed by atoms with Crippen LogP contribution in [-0.4, -0.2) is 28.3 Å². The van der Waals surface area contributed by atoms with Gasteiger partial charge in [0.2, 0.25) is 5.91 Å². The van der Waals surface area contributed by atoms with Crippen molar-refractivity contribution in [3.05, 3.63) is 93.3 Å². The number of allylic oxidation sites excluding steroid dienone is 1. The highest BCUT2D eigenvalue weighted by molar-refractivity contribution is 9.10. The van der Waals surface area contributed by atoms with E-state index in [1.165, 1.54) is 12.3 Å². The van der Waals surface area contributed by atoms with Crippen LogP contribution in [0.5, 0.6) is 0 Å². The van der Waals surface area contributed by atoms with Crippen LogP contribution in [0.4, 0.5) is 0 Å². The predicted molar refractivity (Wildman–Crippen MR) is 141 cm³/mol. The number of amides is 1. The van der Waals surface area contributed by atoms with E-state index in [9.17, 15) is 19.5 Å². The summed E-state index contributed by atoms with van der Waals surface area (Å²) in [6.45, 7) is 9.39. The highest BCUT2D eigenvalue weighted by Gasteiger charge is 2.43. The minimum atomic E-state index is -0.853. The number of ketones is 2. The Bertz CT molecular complexity index is 1220. The molecular formula is C28H29BrN2O4. The first-order chi connectivity index (χ1) is 16.6. The van der Waals surface area contributed by atoms with E-state index < -0.39 is 11.8 Å². The Morgan fingerprint density at radius 1 is 1.23 bits per heavy atom. The van der Waals surface area contributed by atoms with E-state index in [-0.39, 0.29) is 36.1 Å². The summed E-state index contributed by atoms with van der Waals surface area (Å²) in [5, 5.41) is 12.4. The van der Waals surface area contributed by atoms with Gasteiger partial charge in [-0.3, -0.25) is 19.4 Å². The molecule has 2 aromatic rings. The Balaban J connectivity index is 1.73. The Kier molecular flexibility index (Phi) is 8.57. The molecule has 182 valence electrons. The molecule has 0 aliphatic heterocycles. The highest BCUT2D eigenvalue weighted by Crippen LogP contribution is 2.37. The Morgan fingerprint density at radius 2 is 1.91 bits per heavy atom. The van der Waals surface area contributed by atoms with Gasteiger partial charge in [0.15, 0.2) is 5.78 Å². The Morgan fingerprint density at radius 3 is 2.54 bits per heavy atom. The van der Waals surface area contributed by atoms with Crippen LogP contribution in [0.2, 0.25) is 0 Å². The molecule has 2 atom stereocenters. The van der Waals surface area contributed by atoms with Gasteiger partial charge in [-0.1, -0.05) is 34.6 Å². The van der Waals surface area contributed by atoms with Gasteiger partial charge in [-0.25, -0.2) is 0 Å². The van der Waals surface area contributed by atoms with Crippen molar-refractivity contribution in [1.29, 1.82) is 0 Å². The summed E-state index contributed by atoms with van der Waals surface area (Å²) < 4.78 is 0.924. The molecule has 6 nitrogen and oxygen atoms in total. The first-order valence-corrected chi connectivity index (χ1v) is 12.1. The van der Waals surface area contributed by atoms with E-state index in [0.29, 0.717) is 17.8 Å². The average molecular weight is 537 g/mol. The van der Waals surface area contributed by atoms with Crippen molar-refractivity contribution in [2.75, 3.05) is 0 Å². The number of carbonyl (C=O) groups is 3. The molecule has 7 heteroatoms. The molecule has 2 unspecified atom stereocenters. The van der Waals surface area contributed by atoms with Crippen LogP contribution < -0.4 is 5.32 Å². The fraction of sp³-hybridized carbons (Fsp3) is 0.286. The molecule has 3 rings (SSSR count). The number of nitrogens with zero attached hydrogens (tertiary/aromatic N) is 1. The molecule has 35 heavy (non-hydrogen) atoms. The minimum Gasteiger partial charge on any atom is -0.506 e. The fourth-order valence-electron chi connectivity index (χ4n) is 4.40. The molecule has 0 spiro atoms. The van der Waals surface area contributed by atoms with Crippen LogP contribution in [0.1, 0.15) is 53.5 Å². The lowest BCUT2D eigenvalue weighted by Crippen LogP contribution is -2.27. The van der Waals surface area contributed by atoms with E-state index in [4.69, 9.17) is 0 Å². The summed E-state index contributed by atoms with van der Waals surface area (Å²) in [5.41, 5.74) is 4.80. The van der Waals surface area contributed by atoms with Gasteiger partial charge in [0.1, 0.15) is 17.5 Å². The van der Waals surface area contributed by atoms with Gasteiger partial charge < -0.3 is 10.4 Å². The third-order valence-electron chi connectivity index (χ3n) is 6.17. The summed E-state index contributed by atoms with van der Waals surface area (Å²) in [6, 6.07) is 11.4. The van der Waals surface area contributed by atoms with Crippen LogP contribution >= 0.6 is 15.9 Å². The quantitative estimate of drug-likeness (QED) is 0.204. The summed E-state index contributed by atoms with van der Waals surface area (Å²) in [5.74, 6) is -2.11. The van der Waals surface area contributed by atoms with Crippen molar-refractivity contribution >= 4 is 39.1 Å². The highest BCUT2D eigenvalue weighted by atomic mass is 79.9. The van der Waals surface area contributed by atoms with Crippen LogP contribution in [0.15, 0.2) is 70.5 Å².